The molecule has 0 atom stereocenters. The van der Waals surface area contributed by atoms with Gasteiger partial charge in [-0.05, 0) is 25.1 Å². The smallest absolute Gasteiger partial charge is 0.198 e. The van der Waals surface area contributed by atoms with Crippen LogP contribution in [0.1, 0.15) is 11.3 Å². The fourth-order valence-corrected chi connectivity index (χ4v) is 2.01. The molecule has 4 heteroatoms. The molecule has 2 aromatic heterocycles. The fourth-order valence-electron chi connectivity index (χ4n) is 2.01. The first-order valence-electron chi connectivity index (χ1n) is 6.01. The Morgan fingerprint density at radius 2 is 2.00 bits per heavy atom. The number of nitrogens with one attached hydrogen (secondary N) is 1. The zero-order chi connectivity index (χ0) is 13.2. The van der Waals surface area contributed by atoms with Crippen molar-refractivity contribution >= 4 is 22.9 Å². The topological polar surface area (TPSA) is 61.3 Å². The highest BCUT2D eigenvalue weighted by Crippen LogP contribution is 2.25. The van der Waals surface area contributed by atoms with Gasteiger partial charge in [-0.2, -0.15) is 0 Å². The van der Waals surface area contributed by atoms with Crippen LogP contribution in [-0.2, 0) is 0 Å². The van der Waals surface area contributed by atoms with E-state index >= 15 is 0 Å². The second-order valence-corrected chi connectivity index (χ2v) is 4.33. The molecular weight excluding hydrogens is 238 g/mol. The largest absolute Gasteiger partial charge is 0.494 e. The van der Waals surface area contributed by atoms with E-state index in [4.69, 9.17) is 0 Å². The number of benzene rings is 1. The lowest BCUT2D eigenvalue weighted by Crippen LogP contribution is -1.82. The van der Waals surface area contributed by atoms with Gasteiger partial charge in [0.15, 0.2) is 11.7 Å². The summed E-state index contributed by atoms with van der Waals surface area (Å²) in [6.45, 7) is 1.92. The summed E-state index contributed by atoms with van der Waals surface area (Å²) >= 11 is 0. The first-order valence-corrected chi connectivity index (χ1v) is 6.01. The zero-order valence-electron chi connectivity index (χ0n) is 10.5. The van der Waals surface area contributed by atoms with Crippen molar-refractivity contribution in [2.75, 3.05) is 0 Å². The lowest BCUT2D eigenvalue weighted by atomic mass is 10.2. The van der Waals surface area contributed by atoms with Crippen molar-refractivity contribution in [1.82, 2.24) is 9.97 Å². The summed E-state index contributed by atoms with van der Waals surface area (Å²) in [5, 5.41) is 10.8. The van der Waals surface area contributed by atoms with Gasteiger partial charge in [-0.25, -0.2) is 9.98 Å². The molecule has 2 N–H and O–H groups in total. The summed E-state index contributed by atoms with van der Waals surface area (Å²) in [6.07, 6.45) is 1.63. The van der Waals surface area contributed by atoms with E-state index in [0.717, 1.165) is 16.6 Å². The highest BCUT2D eigenvalue weighted by Gasteiger charge is 2.07. The number of aromatic amines is 1. The minimum atomic E-state index is 0.123. The Balaban J connectivity index is 2.03. The van der Waals surface area contributed by atoms with Crippen LogP contribution < -0.4 is 0 Å². The van der Waals surface area contributed by atoms with Gasteiger partial charge in [-0.1, -0.05) is 24.3 Å². The van der Waals surface area contributed by atoms with E-state index in [0.29, 0.717) is 11.4 Å². The van der Waals surface area contributed by atoms with Crippen molar-refractivity contribution in [2.24, 2.45) is 4.99 Å². The number of aryl methyl sites for hydroxylation is 1. The van der Waals surface area contributed by atoms with Gasteiger partial charge in [0, 0.05) is 22.8 Å². The second kappa shape index (κ2) is 4.57. The van der Waals surface area contributed by atoms with Gasteiger partial charge < -0.3 is 10.1 Å². The molecule has 0 saturated carbocycles. The van der Waals surface area contributed by atoms with Crippen molar-refractivity contribution in [3.63, 3.8) is 0 Å². The summed E-state index contributed by atoms with van der Waals surface area (Å²) in [5.41, 5.74) is 2.48. The van der Waals surface area contributed by atoms with Crippen molar-refractivity contribution in [1.29, 1.82) is 0 Å². The quantitative estimate of drug-likeness (QED) is 0.686. The molecule has 19 heavy (non-hydrogen) atoms. The Bertz CT molecular complexity index is 759. The van der Waals surface area contributed by atoms with E-state index in [1.54, 1.807) is 6.21 Å². The summed E-state index contributed by atoms with van der Waals surface area (Å²) in [4.78, 5) is 11.5. The van der Waals surface area contributed by atoms with Crippen LogP contribution in [0.25, 0.3) is 10.9 Å². The number of fused-ring (bicyclic) bond motifs is 1. The number of aromatic hydroxyl groups is 1. The Morgan fingerprint density at radius 3 is 2.84 bits per heavy atom. The number of rotatable bonds is 2. The molecule has 94 valence electrons. The molecule has 3 aromatic rings. The van der Waals surface area contributed by atoms with Crippen molar-refractivity contribution in [3.8, 4) is 5.88 Å². The normalized spacial score (nSPS) is 11.4. The highest BCUT2D eigenvalue weighted by molar-refractivity contribution is 6.02. The molecule has 0 spiro atoms. The monoisotopic (exact) mass is 251 g/mol. The Hall–Kier alpha value is -2.62. The van der Waals surface area contributed by atoms with Crippen LogP contribution >= 0.6 is 0 Å². The van der Waals surface area contributed by atoms with Crippen molar-refractivity contribution in [2.45, 2.75) is 6.92 Å². The first kappa shape index (κ1) is 11.5. The van der Waals surface area contributed by atoms with Gasteiger partial charge in [-0.15, -0.1) is 0 Å². The van der Waals surface area contributed by atoms with Crippen LogP contribution in [0, 0.1) is 6.92 Å². The van der Waals surface area contributed by atoms with Gasteiger partial charge in [0.2, 0.25) is 0 Å². The minimum absolute atomic E-state index is 0.123. The Morgan fingerprint density at radius 1 is 1.16 bits per heavy atom. The van der Waals surface area contributed by atoms with E-state index in [9.17, 15) is 5.11 Å². The number of aliphatic imine (C=N–C) groups is 1. The van der Waals surface area contributed by atoms with Crippen LogP contribution in [0.5, 0.6) is 5.88 Å². The average Bonchev–Trinajstić information content (AvgIpc) is 2.72. The third-order valence-corrected chi connectivity index (χ3v) is 2.92. The zero-order valence-corrected chi connectivity index (χ0v) is 10.5. The number of H-pyrrole nitrogens is 1. The summed E-state index contributed by atoms with van der Waals surface area (Å²) in [6, 6.07) is 13.4. The molecule has 0 saturated heterocycles. The molecule has 2 heterocycles. The summed E-state index contributed by atoms with van der Waals surface area (Å²) < 4.78 is 0. The number of hydrogen-bond donors (Lipinski definition) is 2. The molecule has 0 aliphatic rings. The second-order valence-electron chi connectivity index (χ2n) is 4.33. The van der Waals surface area contributed by atoms with Gasteiger partial charge in [0.1, 0.15) is 0 Å². The van der Waals surface area contributed by atoms with Crippen LogP contribution in [-0.4, -0.2) is 21.3 Å². The summed E-state index contributed by atoms with van der Waals surface area (Å²) in [5.74, 6) is 0.752. The Labute approximate surface area is 110 Å². The highest BCUT2D eigenvalue weighted by atomic mass is 16.3. The first-order chi connectivity index (χ1) is 9.24. The Kier molecular flexibility index (Phi) is 2.76. The molecule has 0 bridgehead atoms. The average molecular weight is 251 g/mol. The maximum Gasteiger partial charge on any atom is 0.198 e. The fraction of sp³-hybridized carbons (Fsp3) is 0.0667. The molecule has 0 amide bonds. The molecule has 0 unspecified atom stereocenters. The van der Waals surface area contributed by atoms with Crippen LogP contribution in [0.4, 0.5) is 5.82 Å². The third kappa shape index (κ3) is 2.20. The molecule has 3 rings (SSSR count). The molecule has 0 aliphatic heterocycles. The van der Waals surface area contributed by atoms with Crippen LogP contribution in [0.2, 0.25) is 0 Å². The lowest BCUT2D eigenvalue weighted by molar-refractivity contribution is 0.457. The molecule has 4 nitrogen and oxygen atoms in total. The van der Waals surface area contributed by atoms with Gasteiger partial charge >= 0.3 is 0 Å². The number of nitrogens with zero attached hydrogens (tertiary/aromatic N) is 2. The molecular formula is C15H13N3O. The number of pyridine rings is 1. The van der Waals surface area contributed by atoms with E-state index in [2.05, 4.69) is 15.0 Å². The predicted octanol–water partition coefficient (Wildman–Crippen LogP) is 3.33. The number of hydrogen-bond acceptors (Lipinski definition) is 3. The van der Waals surface area contributed by atoms with Gasteiger partial charge in [0.05, 0.1) is 5.56 Å². The van der Waals surface area contributed by atoms with E-state index < -0.39 is 0 Å². The molecule has 0 fully saturated rings. The van der Waals surface area contributed by atoms with Crippen molar-refractivity contribution in [3.05, 3.63) is 53.7 Å². The standard InChI is InChI=1S/C15H13N3O/c1-10-5-4-8-14(17-10)16-9-12-11-6-2-3-7-13(11)18-15(12)19/h2-9,18-19H,1H3/b16-9+. The molecule has 0 radical (unpaired) electrons. The van der Waals surface area contributed by atoms with Gasteiger partial charge in [-0.3, -0.25) is 0 Å². The third-order valence-electron chi connectivity index (χ3n) is 2.92. The number of para-hydroxylation sites is 1. The SMILES string of the molecule is Cc1cccc(/N=C/c2c(O)[nH]c3ccccc23)n1. The maximum absolute atomic E-state index is 9.90. The van der Waals surface area contributed by atoms with Crippen LogP contribution in [0.3, 0.4) is 0 Å². The van der Waals surface area contributed by atoms with Crippen LogP contribution in [0.15, 0.2) is 47.5 Å². The number of aromatic nitrogens is 2. The lowest BCUT2D eigenvalue weighted by Gasteiger charge is -1.95. The molecule has 1 aromatic carbocycles. The maximum atomic E-state index is 9.90. The predicted molar refractivity (Wildman–Crippen MR) is 76.2 cm³/mol. The van der Waals surface area contributed by atoms with Gasteiger partial charge in [0.25, 0.3) is 0 Å². The minimum Gasteiger partial charge on any atom is -0.494 e. The van der Waals surface area contributed by atoms with E-state index in [1.807, 2.05) is 49.4 Å². The molecule has 0 aliphatic carbocycles. The summed E-state index contributed by atoms with van der Waals surface area (Å²) in [7, 11) is 0. The van der Waals surface area contributed by atoms with E-state index in [-0.39, 0.29) is 5.88 Å². The van der Waals surface area contributed by atoms with E-state index in [1.165, 1.54) is 0 Å². The van der Waals surface area contributed by atoms with Crippen molar-refractivity contribution < 1.29 is 5.11 Å².